The molecule has 0 spiro atoms. The molecule has 126 valence electrons. The summed E-state index contributed by atoms with van der Waals surface area (Å²) >= 11 is 7.59. The second kappa shape index (κ2) is 8.12. The zero-order valence-electron chi connectivity index (χ0n) is 12.9. The van der Waals surface area contributed by atoms with Crippen molar-refractivity contribution < 1.29 is 17.9 Å². The molecular weight excluding hydrogens is 358 g/mol. The Morgan fingerprint density at radius 1 is 1.26 bits per heavy atom. The fourth-order valence-electron chi connectivity index (χ4n) is 2.02. The Kier molecular flexibility index (Phi) is 6.43. The summed E-state index contributed by atoms with van der Waals surface area (Å²) in [7, 11) is -0.655. The Bertz CT molecular complexity index is 732. The minimum Gasteiger partial charge on any atom is -0.495 e. The van der Waals surface area contributed by atoms with Gasteiger partial charge in [-0.3, -0.25) is 0 Å². The first-order valence-electron chi connectivity index (χ1n) is 6.82. The Balaban J connectivity index is 2.32. The molecule has 0 fully saturated rings. The van der Waals surface area contributed by atoms with Crippen molar-refractivity contribution in [3.63, 3.8) is 0 Å². The molecule has 0 aliphatic rings. The summed E-state index contributed by atoms with van der Waals surface area (Å²) < 4.78 is 37.3. The van der Waals surface area contributed by atoms with Gasteiger partial charge in [0, 0.05) is 20.2 Å². The van der Waals surface area contributed by atoms with Crippen LogP contribution in [0.3, 0.4) is 0 Å². The van der Waals surface area contributed by atoms with E-state index in [2.05, 4.69) is 0 Å². The van der Waals surface area contributed by atoms with Crippen LogP contribution in [0.4, 0.5) is 0 Å². The van der Waals surface area contributed by atoms with E-state index in [0.717, 1.165) is 5.56 Å². The predicted molar refractivity (Wildman–Crippen MR) is 91.8 cm³/mol. The number of sulfonamides is 1. The highest BCUT2D eigenvalue weighted by atomic mass is 35.5. The highest BCUT2D eigenvalue weighted by Gasteiger charge is 2.25. The van der Waals surface area contributed by atoms with E-state index in [0.29, 0.717) is 18.9 Å². The van der Waals surface area contributed by atoms with Crippen LogP contribution in [0, 0.1) is 0 Å². The molecule has 1 aromatic heterocycles. The van der Waals surface area contributed by atoms with Crippen LogP contribution in [0.25, 0.3) is 0 Å². The molecule has 0 N–H and O–H groups in total. The van der Waals surface area contributed by atoms with Crippen LogP contribution in [0.15, 0.2) is 39.9 Å². The van der Waals surface area contributed by atoms with E-state index in [-0.39, 0.29) is 16.5 Å². The van der Waals surface area contributed by atoms with Crippen LogP contribution < -0.4 is 4.74 Å². The minimum absolute atomic E-state index is 0.134. The molecule has 0 radical (unpaired) electrons. The Morgan fingerprint density at radius 3 is 2.61 bits per heavy atom. The normalized spacial score (nSPS) is 11.8. The first-order valence-corrected chi connectivity index (χ1v) is 9.59. The molecule has 0 saturated heterocycles. The van der Waals surface area contributed by atoms with Gasteiger partial charge in [0.05, 0.1) is 23.6 Å². The van der Waals surface area contributed by atoms with E-state index in [1.807, 2.05) is 16.8 Å². The van der Waals surface area contributed by atoms with Gasteiger partial charge >= 0.3 is 0 Å². The number of rotatable bonds is 8. The number of benzene rings is 1. The molecule has 0 unspecified atom stereocenters. The molecule has 0 bridgehead atoms. The zero-order chi connectivity index (χ0) is 16.9. The van der Waals surface area contributed by atoms with Crippen LogP contribution in [-0.2, 0) is 21.3 Å². The van der Waals surface area contributed by atoms with Crippen LogP contribution in [0.1, 0.15) is 5.56 Å². The number of hydrogen-bond donors (Lipinski definition) is 0. The Hall–Kier alpha value is -1.12. The van der Waals surface area contributed by atoms with E-state index in [1.54, 1.807) is 13.2 Å². The molecule has 0 amide bonds. The highest BCUT2D eigenvalue weighted by Crippen LogP contribution is 2.29. The number of ether oxygens (including phenoxy) is 2. The summed E-state index contributed by atoms with van der Waals surface area (Å²) in [6.07, 6.45) is 0. The lowest BCUT2D eigenvalue weighted by molar-refractivity contribution is 0.177. The maximum Gasteiger partial charge on any atom is 0.243 e. The van der Waals surface area contributed by atoms with E-state index in [4.69, 9.17) is 21.1 Å². The second-order valence-corrected chi connectivity index (χ2v) is 7.88. The van der Waals surface area contributed by atoms with Crippen LogP contribution in [-0.4, -0.2) is 40.1 Å². The number of methoxy groups -OCH3 is 2. The lowest BCUT2D eigenvalue weighted by Crippen LogP contribution is -2.33. The van der Waals surface area contributed by atoms with Gasteiger partial charge in [0.1, 0.15) is 5.75 Å². The summed E-state index contributed by atoms with van der Waals surface area (Å²) in [6.45, 7) is 0.865. The lowest BCUT2D eigenvalue weighted by Gasteiger charge is -2.22. The first kappa shape index (κ1) is 18.2. The average molecular weight is 376 g/mol. The molecular formula is C15H18ClNO4S2. The number of thiophene rings is 1. The summed E-state index contributed by atoms with van der Waals surface area (Å²) in [5.41, 5.74) is 0.939. The Morgan fingerprint density at radius 2 is 2.04 bits per heavy atom. The SMILES string of the molecule is COCCN(Cc1ccsc1)S(=O)(=O)c1ccc(OC)c(Cl)c1. The monoisotopic (exact) mass is 375 g/mol. The van der Waals surface area contributed by atoms with Crippen molar-refractivity contribution in [3.8, 4) is 5.75 Å². The average Bonchev–Trinajstić information content (AvgIpc) is 3.04. The molecule has 5 nitrogen and oxygen atoms in total. The molecule has 0 aliphatic heterocycles. The fraction of sp³-hybridized carbons (Fsp3) is 0.333. The lowest BCUT2D eigenvalue weighted by atomic mass is 10.3. The standard InChI is InChI=1S/C15H18ClNO4S2/c1-20-7-6-17(10-12-5-8-22-11-12)23(18,19)13-3-4-15(21-2)14(16)9-13/h3-5,8-9,11H,6-7,10H2,1-2H3. The summed E-state index contributed by atoms with van der Waals surface area (Å²) in [6, 6.07) is 6.35. The van der Waals surface area contributed by atoms with Gasteiger partial charge in [0.2, 0.25) is 10.0 Å². The maximum absolute atomic E-state index is 12.9. The van der Waals surface area contributed by atoms with Gasteiger partial charge in [-0.05, 0) is 40.6 Å². The summed E-state index contributed by atoms with van der Waals surface area (Å²) in [5, 5.41) is 4.10. The molecule has 0 saturated carbocycles. The van der Waals surface area contributed by atoms with Gasteiger partial charge in [-0.25, -0.2) is 8.42 Å². The quantitative estimate of drug-likeness (QED) is 0.710. The van der Waals surface area contributed by atoms with Crippen molar-refractivity contribution in [2.75, 3.05) is 27.4 Å². The van der Waals surface area contributed by atoms with Gasteiger partial charge in [0.25, 0.3) is 0 Å². The van der Waals surface area contributed by atoms with Crippen molar-refractivity contribution in [3.05, 3.63) is 45.6 Å². The Labute approximate surface area is 145 Å². The van der Waals surface area contributed by atoms with E-state index in [9.17, 15) is 8.42 Å². The van der Waals surface area contributed by atoms with Crippen LogP contribution >= 0.6 is 22.9 Å². The highest BCUT2D eigenvalue weighted by molar-refractivity contribution is 7.89. The van der Waals surface area contributed by atoms with E-state index in [1.165, 1.54) is 34.9 Å². The maximum atomic E-state index is 12.9. The third-order valence-electron chi connectivity index (χ3n) is 3.24. The smallest absolute Gasteiger partial charge is 0.243 e. The molecule has 2 rings (SSSR count). The van der Waals surface area contributed by atoms with Crippen LogP contribution in [0.2, 0.25) is 5.02 Å². The molecule has 8 heteroatoms. The molecule has 0 aliphatic carbocycles. The van der Waals surface area contributed by atoms with Gasteiger partial charge in [-0.2, -0.15) is 15.6 Å². The predicted octanol–water partition coefficient (Wildman–Crippen LogP) is 3.25. The molecule has 23 heavy (non-hydrogen) atoms. The van der Waals surface area contributed by atoms with Gasteiger partial charge in [0.15, 0.2) is 0 Å². The third-order valence-corrected chi connectivity index (χ3v) is 6.11. The largest absolute Gasteiger partial charge is 0.495 e. The fourth-order valence-corrected chi connectivity index (χ4v) is 4.44. The van der Waals surface area contributed by atoms with Gasteiger partial charge in [-0.15, -0.1) is 0 Å². The molecule has 1 aromatic carbocycles. The van der Waals surface area contributed by atoms with Crippen molar-refractivity contribution in [2.45, 2.75) is 11.4 Å². The number of halogens is 1. The van der Waals surface area contributed by atoms with Crippen molar-refractivity contribution in [1.29, 1.82) is 0 Å². The summed E-state index contributed by atoms with van der Waals surface area (Å²) in [5.74, 6) is 0.437. The third kappa shape index (κ3) is 4.45. The van der Waals surface area contributed by atoms with Crippen molar-refractivity contribution >= 4 is 33.0 Å². The van der Waals surface area contributed by atoms with Crippen molar-refractivity contribution in [2.24, 2.45) is 0 Å². The van der Waals surface area contributed by atoms with Gasteiger partial charge in [-0.1, -0.05) is 11.6 Å². The van der Waals surface area contributed by atoms with E-state index >= 15 is 0 Å². The number of nitrogens with zero attached hydrogens (tertiary/aromatic N) is 1. The van der Waals surface area contributed by atoms with E-state index < -0.39 is 10.0 Å². The molecule has 0 atom stereocenters. The second-order valence-electron chi connectivity index (χ2n) is 4.76. The minimum atomic E-state index is -3.68. The first-order chi connectivity index (χ1) is 11.0. The van der Waals surface area contributed by atoms with Crippen molar-refractivity contribution in [1.82, 2.24) is 4.31 Å². The van der Waals surface area contributed by atoms with Gasteiger partial charge < -0.3 is 9.47 Å². The topological polar surface area (TPSA) is 55.8 Å². The molecule has 2 aromatic rings. The van der Waals surface area contributed by atoms with Crippen LogP contribution in [0.5, 0.6) is 5.75 Å². The molecule has 1 heterocycles. The number of hydrogen-bond acceptors (Lipinski definition) is 5. The summed E-state index contributed by atoms with van der Waals surface area (Å²) in [4.78, 5) is 0.134. The zero-order valence-corrected chi connectivity index (χ0v) is 15.2.